The maximum Gasteiger partial charge on any atom is 0.111 e. The predicted molar refractivity (Wildman–Crippen MR) is 94.9 cm³/mol. The molecule has 0 saturated carbocycles. The molecule has 0 bridgehead atoms. The van der Waals surface area contributed by atoms with Gasteiger partial charge in [0.05, 0.1) is 13.2 Å². The molecular formula is C19H36O5. The number of aliphatic hydroxyl groups excluding tert-OH is 3. The lowest BCUT2D eigenvalue weighted by Gasteiger charge is -2.36. The van der Waals surface area contributed by atoms with E-state index in [0.717, 1.165) is 25.7 Å². The molecule has 0 aromatic heterocycles. The molecule has 0 aromatic carbocycles. The second kappa shape index (κ2) is 13.8. The van der Waals surface area contributed by atoms with Crippen LogP contribution in [-0.2, 0) is 9.47 Å². The van der Waals surface area contributed by atoms with Gasteiger partial charge in [0.25, 0.3) is 0 Å². The number of hydrogen-bond donors (Lipinski definition) is 3. The Labute approximate surface area is 146 Å². The molecule has 142 valence electrons. The van der Waals surface area contributed by atoms with Crippen molar-refractivity contribution < 1.29 is 24.8 Å². The fourth-order valence-electron chi connectivity index (χ4n) is 2.86. The molecular weight excluding hydrogens is 308 g/mol. The normalized spacial score (nSPS) is 27.8. The van der Waals surface area contributed by atoms with Gasteiger partial charge in [-0.2, -0.15) is 0 Å². The molecule has 1 fully saturated rings. The maximum absolute atomic E-state index is 9.94. The van der Waals surface area contributed by atoms with Crippen LogP contribution in [0.3, 0.4) is 0 Å². The second-order valence-corrected chi connectivity index (χ2v) is 6.61. The zero-order valence-corrected chi connectivity index (χ0v) is 15.1. The van der Waals surface area contributed by atoms with E-state index in [0.29, 0.717) is 6.61 Å². The monoisotopic (exact) mass is 344 g/mol. The fraction of sp³-hybridized carbons (Fsp3) is 0.895. The summed E-state index contributed by atoms with van der Waals surface area (Å²) in [5.41, 5.74) is 0. The molecule has 5 nitrogen and oxygen atoms in total. The Morgan fingerprint density at radius 3 is 2.25 bits per heavy atom. The first-order valence-corrected chi connectivity index (χ1v) is 9.55. The molecule has 5 heteroatoms. The van der Waals surface area contributed by atoms with E-state index < -0.39 is 24.4 Å². The summed E-state index contributed by atoms with van der Waals surface area (Å²) in [6.45, 7) is 2.71. The van der Waals surface area contributed by atoms with Gasteiger partial charge in [0.2, 0.25) is 0 Å². The zero-order chi connectivity index (χ0) is 17.6. The maximum atomic E-state index is 9.94. The summed E-state index contributed by atoms with van der Waals surface area (Å²) in [7, 11) is 0. The van der Waals surface area contributed by atoms with Crippen LogP contribution in [-0.4, -0.2) is 59.6 Å². The van der Waals surface area contributed by atoms with Crippen LogP contribution < -0.4 is 0 Å². The summed E-state index contributed by atoms with van der Waals surface area (Å²) in [6.07, 6.45) is 12.0. The highest BCUT2D eigenvalue weighted by Crippen LogP contribution is 2.18. The number of rotatable bonds is 13. The minimum Gasteiger partial charge on any atom is -0.394 e. The third-order valence-corrected chi connectivity index (χ3v) is 4.50. The highest BCUT2D eigenvalue weighted by Gasteiger charge is 2.38. The molecule has 0 unspecified atom stereocenters. The molecule has 0 aromatic rings. The molecule has 4 atom stereocenters. The van der Waals surface area contributed by atoms with Gasteiger partial charge in [-0.15, -0.1) is 0 Å². The topological polar surface area (TPSA) is 79.2 Å². The average molecular weight is 344 g/mol. The quantitative estimate of drug-likeness (QED) is 0.353. The van der Waals surface area contributed by atoms with Crippen molar-refractivity contribution in [1.82, 2.24) is 0 Å². The van der Waals surface area contributed by atoms with Crippen molar-refractivity contribution in [3.63, 3.8) is 0 Å². The lowest BCUT2D eigenvalue weighted by Crippen LogP contribution is -2.55. The molecule has 0 spiro atoms. The smallest absolute Gasteiger partial charge is 0.111 e. The minimum atomic E-state index is -1.09. The van der Waals surface area contributed by atoms with Gasteiger partial charge in [0.15, 0.2) is 0 Å². The summed E-state index contributed by atoms with van der Waals surface area (Å²) in [6, 6.07) is 0. The van der Waals surface area contributed by atoms with E-state index in [-0.39, 0.29) is 13.2 Å². The molecule has 1 aliphatic rings. The van der Waals surface area contributed by atoms with E-state index in [1.54, 1.807) is 0 Å². The first-order valence-electron chi connectivity index (χ1n) is 9.55. The van der Waals surface area contributed by atoms with Crippen LogP contribution in [0.1, 0.15) is 64.7 Å². The van der Waals surface area contributed by atoms with Crippen molar-refractivity contribution >= 4 is 0 Å². The van der Waals surface area contributed by atoms with Crippen LogP contribution in [0, 0.1) is 0 Å². The van der Waals surface area contributed by atoms with Crippen LogP contribution in [0.4, 0.5) is 0 Å². The molecule has 1 saturated heterocycles. The van der Waals surface area contributed by atoms with E-state index in [1.165, 1.54) is 32.1 Å². The molecule has 1 aliphatic heterocycles. The van der Waals surface area contributed by atoms with Crippen LogP contribution in [0.25, 0.3) is 0 Å². The van der Waals surface area contributed by atoms with E-state index in [2.05, 4.69) is 19.1 Å². The van der Waals surface area contributed by atoms with Crippen LogP contribution in [0.5, 0.6) is 0 Å². The lowest BCUT2D eigenvalue weighted by atomic mass is 10.0. The zero-order valence-electron chi connectivity index (χ0n) is 15.1. The Kier molecular flexibility index (Phi) is 12.4. The van der Waals surface area contributed by atoms with Crippen LogP contribution >= 0.6 is 0 Å². The number of allylic oxidation sites excluding steroid dienone is 2. The SMILES string of the molecule is CCCCCC/C=C/CCCCCO[C@H]1CO[C@H](CO)[C@@H](O)[C@@H]1O. The second-order valence-electron chi connectivity index (χ2n) is 6.61. The van der Waals surface area contributed by atoms with Crippen molar-refractivity contribution in [2.45, 2.75) is 89.1 Å². The molecule has 3 N–H and O–H groups in total. The Balaban J connectivity index is 1.96. The summed E-state index contributed by atoms with van der Waals surface area (Å²) < 4.78 is 10.9. The highest BCUT2D eigenvalue weighted by atomic mass is 16.6. The Bertz CT molecular complexity index is 321. The number of hydrogen-bond acceptors (Lipinski definition) is 5. The van der Waals surface area contributed by atoms with Gasteiger partial charge in [0, 0.05) is 6.61 Å². The van der Waals surface area contributed by atoms with Crippen LogP contribution in [0.15, 0.2) is 12.2 Å². The standard InChI is InChI=1S/C19H36O5/c1-2-3-4-5-6-7-8-9-10-11-12-13-23-17-15-24-16(14-20)18(21)19(17)22/h7-8,16-22H,2-6,9-15H2,1H3/b8-7+/t16-,17+,18-,19-/m1/s1. The Morgan fingerprint density at radius 1 is 0.958 bits per heavy atom. The Morgan fingerprint density at radius 2 is 1.62 bits per heavy atom. The van der Waals surface area contributed by atoms with Gasteiger partial charge in [-0.1, -0.05) is 44.8 Å². The summed E-state index contributed by atoms with van der Waals surface area (Å²) in [4.78, 5) is 0. The number of unbranched alkanes of at least 4 members (excludes halogenated alkanes) is 7. The van der Waals surface area contributed by atoms with Gasteiger partial charge < -0.3 is 24.8 Å². The third kappa shape index (κ3) is 8.58. The van der Waals surface area contributed by atoms with Crippen molar-refractivity contribution in [3.8, 4) is 0 Å². The van der Waals surface area contributed by atoms with Gasteiger partial charge in [-0.25, -0.2) is 0 Å². The average Bonchev–Trinajstić information content (AvgIpc) is 2.59. The third-order valence-electron chi connectivity index (χ3n) is 4.50. The van der Waals surface area contributed by atoms with Gasteiger partial charge in [-0.05, 0) is 32.1 Å². The summed E-state index contributed by atoms with van der Waals surface area (Å²) in [5, 5.41) is 28.7. The van der Waals surface area contributed by atoms with Gasteiger partial charge in [-0.3, -0.25) is 0 Å². The summed E-state index contributed by atoms with van der Waals surface area (Å²) in [5.74, 6) is 0. The minimum absolute atomic E-state index is 0.213. The van der Waals surface area contributed by atoms with E-state index >= 15 is 0 Å². The molecule has 1 heterocycles. The van der Waals surface area contributed by atoms with E-state index in [4.69, 9.17) is 14.6 Å². The van der Waals surface area contributed by atoms with Gasteiger partial charge >= 0.3 is 0 Å². The van der Waals surface area contributed by atoms with Crippen LogP contribution in [0.2, 0.25) is 0 Å². The molecule has 0 amide bonds. The van der Waals surface area contributed by atoms with Crippen molar-refractivity contribution in [2.75, 3.05) is 19.8 Å². The lowest BCUT2D eigenvalue weighted by molar-refractivity contribution is -0.208. The van der Waals surface area contributed by atoms with Crippen molar-refractivity contribution in [1.29, 1.82) is 0 Å². The van der Waals surface area contributed by atoms with E-state index in [1.807, 2.05) is 0 Å². The van der Waals surface area contributed by atoms with Crippen molar-refractivity contribution in [2.24, 2.45) is 0 Å². The predicted octanol–water partition coefficient (Wildman–Crippen LogP) is 2.57. The molecule has 24 heavy (non-hydrogen) atoms. The van der Waals surface area contributed by atoms with E-state index in [9.17, 15) is 10.2 Å². The summed E-state index contributed by atoms with van der Waals surface area (Å²) >= 11 is 0. The molecule has 1 rings (SSSR count). The number of aliphatic hydroxyl groups is 3. The largest absolute Gasteiger partial charge is 0.394 e. The molecule has 0 radical (unpaired) electrons. The van der Waals surface area contributed by atoms with Crippen molar-refractivity contribution in [3.05, 3.63) is 12.2 Å². The van der Waals surface area contributed by atoms with Gasteiger partial charge in [0.1, 0.15) is 24.4 Å². The number of ether oxygens (including phenoxy) is 2. The Hall–Kier alpha value is -0.460. The first-order chi connectivity index (χ1) is 11.7. The highest BCUT2D eigenvalue weighted by molar-refractivity contribution is 4.87. The first kappa shape index (κ1) is 21.6. The molecule has 0 aliphatic carbocycles. The fourth-order valence-corrected chi connectivity index (χ4v) is 2.86.